The van der Waals surface area contributed by atoms with Crippen molar-refractivity contribution in [1.29, 1.82) is 0 Å². The monoisotopic (exact) mass is 378 g/mol. The van der Waals surface area contributed by atoms with Gasteiger partial charge in [-0.05, 0) is 24.1 Å². The predicted octanol–water partition coefficient (Wildman–Crippen LogP) is 4.38. The van der Waals surface area contributed by atoms with Gasteiger partial charge in [-0.15, -0.1) is 0 Å². The van der Waals surface area contributed by atoms with E-state index in [2.05, 4.69) is 28.9 Å². The number of hydrogen-bond donors (Lipinski definition) is 1. The van der Waals surface area contributed by atoms with Gasteiger partial charge in [0.2, 0.25) is 0 Å². The van der Waals surface area contributed by atoms with Crippen molar-refractivity contribution in [2.75, 3.05) is 0 Å². The molecule has 0 saturated heterocycles. The smallest absolute Gasteiger partial charge is 0.336 e. The van der Waals surface area contributed by atoms with Gasteiger partial charge in [0.25, 0.3) is 0 Å². The third-order valence-electron chi connectivity index (χ3n) is 4.70. The Morgan fingerprint density at radius 2 is 1.93 bits per heavy atom. The van der Waals surface area contributed by atoms with Crippen LogP contribution in [0, 0.1) is 0 Å². The van der Waals surface area contributed by atoms with E-state index in [9.17, 15) is 9.90 Å². The van der Waals surface area contributed by atoms with Crippen molar-refractivity contribution in [1.82, 2.24) is 19.7 Å². The molecule has 6 heteroatoms. The molecule has 0 radical (unpaired) electrons. The minimum absolute atomic E-state index is 0.254. The topological polar surface area (TPSA) is 80.9 Å². The lowest BCUT2D eigenvalue weighted by Gasteiger charge is -2.08. The van der Waals surface area contributed by atoms with E-state index in [1.807, 2.05) is 22.9 Å². The van der Waals surface area contributed by atoms with E-state index in [1.165, 1.54) is 12.8 Å². The molecule has 6 nitrogen and oxygen atoms in total. The highest BCUT2D eigenvalue weighted by molar-refractivity contribution is 5.95. The van der Waals surface area contributed by atoms with Gasteiger partial charge < -0.3 is 5.11 Å². The van der Waals surface area contributed by atoms with Gasteiger partial charge in [-0.25, -0.2) is 14.5 Å². The fourth-order valence-corrected chi connectivity index (χ4v) is 3.16. The highest BCUT2D eigenvalue weighted by Gasteiger charge is 2.13. The minimum atomic E-state index is -0.951. The van der Waals surface area contributed by atoms with Crippen LogP contribution in [-0.4, -0.2) is 30.8 Å². The van der Waals surface area contributed by atoms with Gasteiger partial charge in [-0.1, -0.05) is 51.0 Å². The van der Waals surface area contributed by atoms with Crippen LogP contribution in [0.1, 0.15) is 60.7 Å². The molecule has 0 aliphatic rings. The number of unbranched alkanes of at least 4 members (excludes halogenated alkanes) is 2. The van der Waals surface area contributed by atoms with Crippen molar-refractivity contribution in [3.63, 3.8) is 0 Å². The number of rotatable bonds is 9. The second-order valence-electron chi connectivity index (χ2n) is 6.81. The Balaban J connectivity index is 1.80. The maximum atomic E-state index is 11.4. The van der Waals surface area contributed by atoms with Crippen LogP contribution >= 0.6 is 0 Å². The molecule has 28 heavy (non-hydrogen) atoms. The van der Waals surface area contributed by atoms with Gasteiger partial charge in [-0.2, -0.15) is 5.10 Å². The number of nitrogens with zero attached hydrogens (tertiary/aromatic N) is 4. The Hall–Kier alpha value is -3.02. The number of aryl methyl sites for hydroxylation is 2. The molecule has 0 saturated carbocycles. The average molecular weight is 378 g/mol. The molecule has 0 atom stereocenters. The van der Waals surface area contributed by atoms with E-state index in [0.717, 1.165) is 36.5 Å². The Morgan fingerprint density at radius 1 is 1.11 bits per heavy atom. The Morgan fingerprint density at radius 3 is 2.61 bits per heavy atom. The molecule has 0 unspecified atom stereocenters. The van der Waals surface area contributed by atoms with Crippen molar-refractivity contribution >= 4 is 5.97 Å². The summed E-state index contributed by atoms with van der Waals surface area (Å²) in [6, 6.07) is 10.8. The first-order valence-corrected chi connectivity index (χ1v) is 9.82. The summed E-state index contributed by atoms with van der Waals surface area (Å²) in [6.07, 6.45) is 7.01. The summed E-state index contributed by atoms with van der Waals surface area (Å²) in [5.74, 6) is 0.935. The molecular weight excluding hydrogens is 352 g/mol. The number of carboxylic acid groups (broad SMARTS) is 1. The van der Waals surface area contributed by atoms with Gasteiger partial charge in [0.1, 0.15) is 5.82 Å². The predicted molar refractivity (Wildman–Crippen MR) is 108 cm³/mol. The van der Waals surface area contributed by atoms with Crippen LogP contribution in [0.4, 0.5) is 0 Å². The summed E-state index contributed by atoms with van der Waals surface area (Å²) in [7, 11) is 0. The van der Waals surface area contributed by atoms with Crippen molar-refractivity contribution < 1.29 is 9.90 Å². The highest BCUT2D eigenvalue weighted by atomic mass is 16.4. The Kier molecular flexibility index (Phi) is 6.53. The van der Waals surface area contributed by atoms with E-state index < -0.39 is 5.97 Å². The van der Waals surface area contributed by atoms with Crippen LogP contribution in [0.3, 0.4) is 0 Å². The first-order chi connectivity index (χ1) is 13.6. The molecule has 146 valence electrons. The lowest BCUT2D eigenvalue weighted by atomic mass is 10.0. The molecule has 0 aliphatic carbocycles. The van der Waals surface area contributed by atoms with Crippen LogP contribution in [-0.2, 0) is 19.4 Å². The number of hydrogen-bond acceptors (Lipinski definition) is 4. The summed E-state index contributed by atoms with van der Waals surface area (Å²) in [5.41, 5.74) is 2.54. The van der Waals surface area contributed by atoms with Crippen LogP contribution in [0.5, 0.6) is 0 Å². The molecule has 1 aromatic carbocycles. The average Bonchev–Trinajstić information content (AvgIpc) is 3.10. The zero-order valence-electron chi connectivity index (χ0n) is 16.4. The zero-order valence-corrected chi connectivity index (χ0v) is 16.4. The third-order valence-corrected chi connectivity index (χ3v) is 4.70. The normalized spacial score (nSPS) is 10.9. The van der Waals surface area contributed by atoms with Crippen LogP contribution in [0.15, 0.2) is 42.6 Å². The Bertz CT molecular complexity index is 932. The zero-order chi connectivity index (χ0) is 19.9. The molecule has 0 aliphatic heterocycles. The quantitative estimate of drug-likeness (QED) is 0.559. The molecule has 0 bridgehead atoms. The largest absolute Gasteiger partial charge is 0.478 e. The van der Waals surface area contributed by atoms with Gasteiger partial charge in [-0.3, -0.25) is 4.98 Å². The van der Waals surface area contributed by atoms with Crippen LogP contribution in [0.25, 0.3) is 11.3 Å². The van der Waals surface area contributed by atoms with Crippen LogP contribution < -0.4 is 0 Å². The fraction of sp³-hybridized carbons (Fsp3) is 0.364. The standard InChI is InChI=1S/C22H26N4O2/c1-3-5-6-11-21-24-20(4-2)25-26(21)15-16-12-13-19(23-14-16)17-9-7-8-10-18(17)22(27)28/h7-10,12-14H,3-6,11,15H2,1-2H3,(H,27,28). The van der Waals surface area contributed by atoms with Crippen molar-refractivity contribution in [3.05, 3.63) is 65.4 Å². The van der Waals surface area contributed by atoms with Crippen LogP contribution in [0.2, 0.25) is 0 Å². The third kappa shape index (κ3) is 4.63. The summed E-state index contributed by atoms with van der Waals surface area (Å²) in [5, 5.41) is 14.0. The summed E-state index contributed by atoms with van der Waals surface area (Å²) < 4.78 is 1.97. The number of carbonyl (C=O) groups is 1. The molecule has 2 aromatic heterocycles. The van der Waals surface area contributed by atoms with Gasteiger partial charge in [0, 0.05) is 24.6 Å². The van der Waals surface area contributed by atoms with Gasteiger partial charge in [0.15, 0.2) is 5.82 Å². The summed E-state index contributed by atoms with van der Waals surface area (Å²) >= 11 is 0. The number of aromatic nitrogens is 4. The minimum Gasteiger partial charge on any atom is -0.478 e. The second-order valence-corrected chi connectivity index (χ2v) is 6.81. The SMILES string of the molecule is CCCCCc1nc(CC)nn1Cc1ccc(-c2ccccc2C(=O)O)nc1. The number of benzene rings is 1. The Labute approximate surface area is 165 Å². The molecule has 0 fully saturated rings. The molecule has 0 amide bonds. The number of carboxylic acids is 1. The van der Waals surface area contributed by atoms with E-state index in [4.69, 9.17) is 0 Å². The molecule has 0 spiro atoms. The van der Waals surface area contributed by atoms with Crippen molar-refractivity contribution in [2.45, 2.75) is 52.5 Å². The van der Waals surface area contributed by atoms with E-state index >= 15 is 0 Å². The first-order valence-electron chi connectivity index (χ1n) is 9.82. The molecule has 3 aromatic rings. The maximum absolute atomic E-state index is 11.4. The lowest BCUT2D eigenvalue weighted by Crippen LogP contribution is -2.08. The highest BCUT2D eigenvalue weighted by Crippen LogP contribution is 2.22. The van der Waals surface area contributed by atoms with Crippen molar-refractivity contribution in [2.24, 2.45) is 0 Å². The molecule has 3 rings (SSSR count). The number of aromatic carboxylic acids is 1. The second kappa shape index (κ2) is 9.26. The van der Waals surface area contributed by atoms with E-state index in [0.29, 0.717) is 17.8 Å². The number of pyridine rings is 1. The van der Waals surface area contributed by atoms with Gasteiger partial charge in [0.05, 0.1) is 17.8 Å². The van der Waals surface area contributed by atoms with E-state index in [1.54, 1.807) is 24.4 Å². The lowest BCUT2D eigenvalue weighted by molar-refractivity contribution is 0.0697. The molecule has 2 heterocycles. The maximum Gasteiger partial charge on any atom is 0.336 e. The van der Waals surface area contributed by atoms with Gasteiger partial charge >= 0.3 is 5.97 Å². The summed E-state index contributed by atoms with van der Waals surface area (Å²) in [6.45, 7) is 4.87. The molecular formula is C22H26N4O2. The summed E-state index contributed by atoms with van der Waals surface area (Å²) in [4.78, 5) is 20.6. The van der Waals surface area contributed by atoms with Crippen molar-refractivity contribution in [3.8, 4) is 11.3 Å². The fourth-order valence-electron chi connectivity index (χ4n) is 3.16. The first kappa shape index (κ1) is 19.7. The van der Waals surface area contributed by atoms with E-state index in [-0.39, 0.29) is 5.56 Å². The molecule has 1 N–H and O–H groups in total.